The fourth-order valence-corrected chi connectivity index (χ4v) is 1.84. The first kappa shape index (κ1) is 12.2. The molecule has 6 heteroatoms. The van der Waals surface area contributed by atoms with Crippen LogP contribution in [-0.4, -0.2) is 21.5 Å². The number of nitrogens with one attached hydrogen (secondary N) is 1. The highest BCUT2D eigenvalue weighted by Crippen LogP contribution is 2.21. The Hall–Kier alpha value is -1.27. The number of benzene rings is 1. The molecule has 17 heavy (non-hydrogen) atoms. The summed E-state index contributed by atoms with van der Waals surface area (Å²) in [7, 11) is 0. The molecule has 0 saturated heterocycles. The molecule has 0 amide bonds. The van der Waals surface area contributed by atoms with E-state index in [-0.39, 0.29) is 5.82 Å². The second-order valence-corrected chi connectivity index (χ2v) is 4.38. The van der Waals surface area contributed by atoms with Gasteiger partial charge in [-0.25, -0.2) is 9.07 Å². The molecule has 1 heterocycles. The Kier molecular flexibility index (Phi) is 3.86. The van der Waals surface area contributed by atoms with Gasteiger partial charge >= 0.3 is 0 Å². The molecular formula is C11H12BrFN4. The van der Waals surface area contributed by atoms with Crippen LogP contribution in [0, 0.1) is 5.82 Å². The summed E-state index contributed by atoms with van der Waals surface area (Å²) in [5.74, 6) is -0.299. The van der Waals surface area contributed by atoms with Crippen LogP contribution in [0.5, 0.6) is 0 Å². The van der Waals surface area contributed by atoms with Crippen molar-refractivity contribution >= 4 is 15.9 Å². The zero-order chi connectivity index (χ0) is 12.3. The van der Waals surface area contributed by atoms with Crippen molar-refractivity contribution < 1.29 is 4.39 Å². The minimum atomic E-state index is -0.299. The molecule has 4 nitrogen and oxygen atoms in total. The van der Waals surface area contributed by atoms with Crippen LogP contribution in [0.15, 0.2) is 28.9 Å². The Morgan fingerprint density at radius 1 is 1.47 bits per heavy atom. The Labute approximate surface area is 107 Å². The highest BCUT2D eigenvalue weighted by molar-refractivity contribution is 9.10. The molecule has 2 rings (SSSR count). The van der Waals surface area contributed by atoms with Crippen LogP contribution in [0.1, 0.15) is 12.6 Å². The van der Waals surface area contributed by atoms with Gasteiger partial charge in [0.2, 0.25) is 0 Å². The summed E-state index contributed by atoms with van der Waals surface area (Å²) in [6, 6.07) is 4.45. The molecule has 1 aromatic carbocycles. The largest absolute Gasteiger partial charge is 0.311 e. The van der Waals surface area contributed by atoms with E-state index in [4.69, 9.17) is 0 Å². The van der Waals surface area contributed by atoms with Gasteiger partial charge in [-0.15, -0.1) is 5.10 Å². The van der Waals surface area contributed by atoms with Gasteiger partial charge in [0, 0.05) is 17.1 Å². The van der Waals surface area contributed by atoms with Crippen LogP contribution in [0.2, 0.25) is 0 Å². The Bertz CT molecular complexity index is 512. The van der Waals surface area contributed by atoms with Gasteiger partial charge in [-0.3, -0.25) is 0 Å². The third kappa shape index (κ3) is 2.89. The van der Waals surface area contributed by atoms with Crippen molar-refractivity contribution in [2.75, 3.05) is 6.54 Å². The zero-order valence-corrected chi connectivity index (χ0v) is 10.9. The lowest BCUT2D eigenvalue weighted by Crippen LogP contribution is -2.11. The average Bonchev–Trinajstić information content (AvgIpc) is 2.78. The van der Waals surface area contributed by atoms with E-state index < -0.39 is 0 Å². The second-order valence-electron chi connectivity index (χ2n) is 3.53. The number of nitrogens with zero attached hydrogens (tertiary/aromatic N) is 3. The van der Waals surface area contributed by atoms with Gasteiger partial charge < -0.3 is 5.32 Å². The molecule has 0 saturated carbocycles. The minimum absolute atomic E-state index is 0.299. The van der Waals surface area contributed by atoms with E-state index in [2.05, 4.69) is 31.6 Å². The Morgan fingerprint density at radius 3 is 3.06 bits per heavy atom. The number of hydrogen-bond donors (Lipinski definition) is 1. The summed E-state index contributed by atoms with van der Waals surface area (Å²) in [5.41, 5.74) is 1.46. The van der Waals surface area contributed by atoms with Crippen LogP contribution in [0.3, 0.4) is 0 Å². The molecule has 0 bridgehead atoms. The minimum Gasteiger partial charge on any atom is -0.311 e. The third-order valence-corrected chi connectivity index (χ3v) is 2.92. The van der Waals surface area contributed by atoms with E-state index in [9.17, 15) is 4.39 Å². The summed E-state index contributed by atoms with van der Waals surface area (Å²) >= 11 is 3.36. The second kappa shape index (κ2) is 5.37. The van der Waals surface area contributed by atoms with Gasteiger partial charge in [-0.2, -0.15) is 0 Å². The Morgan fingerprint density at radius 2 is 2.29 bits per heavy atom. The summed E-state index contributed by atoms with van der Waals surface area (Å²) in [6.07, 6.45) is 1.78. The van der Waals surface area contributed by atoms with Crippen molar-refractivity contribution in [3.05, 3.63) is 40.4 Å². The first-order valence-electron chi connectivity index (χ1n) is 5.28. The lowest BCUT2D eigenvalue weighted by Gasteiger charge is -2.02. The maximum absolute atomic E-state index is 13.1. The van der Waals surface area contributed by atoms with Gasteiger partial charge in [0.25, 0.3) is 0 Å². The van der Waals surface area contributed by atoms with Crippen molar-refractivity contribution in [3.8, 4) is 5.69 Å². The number of aromatic nitrogens is 3. The molecule has 0 aliphatic rings. The number of hydrogen-bond acceptors (Lipinski definition) is 3. The molecule has 90 valence electrons. The van der Waals surface area contributed by atoms with E-state index >= 15 is 0 Å². The molecule has 0 spiro atoms. The average molecular weight is 299 g/mol. The molecular weight excluding hydrogens is 287 g/mol. The van der Waals surface area contributed by atoms with Crippen LogP contribution in [0.4, 0.5) is 4.39 Å². The molecule has 0 fully saturated rings. The smallest absolute Gasteiger partial charge is 0.125 e. The first-order chi connectivity index (χ1) is 8.20. The molecule has 0 aliphatic carbocycles. The van der Waals surface area contributed by atoms with Crippen LogP contribution in [-0.2, 0) is 6.54 Å². The van der Waals surface area contributed by atoms with E-state index in [1.165, 1.54) is 12.1 Å². The predicted molar refractivity (Wildman–Crippen MR) is 66.4 cm³/mol. The molecule has 1 aromatic heterocycles. The maximum Gasteiger partial charge on any atom is 0.125 e. The lowest BCUT2D eigenvalue weighted by atomic mass is 10.3. The van der Waals surface area contributed by atoms with Gasteiger partial charge in [0.05, 0.1) is 17.6 Å². The summed E-state index contributed by atoms with van der Waals surface area (Å²) in [6.45, 7) is 3.55. The molecule has 0 unspecified atom stereocenters. The van der Waals surface area contributed by atoms with Crippen molar-refractivity contribution in [2.45, 2.75) is 13.5 Å². The van der Waals surface area contributed by atoms with E-state index in [1.54, 1.807) is 16.9 Å². The predicted octanol–water partition coefficient (Wildman–Crippen LogP) is 2.28. The van der Waals surface area contributed by atoms with Crippen LogP contribution >= 0.6 is 15.9 Å². The maximum atomic E-state index is 13.1. The van der Waals surface area contributed by atoms with Crippen molar-refractivity contribution in [1.29, 1.82) is 0 Å². The zero-order valence-electron chi connectivity index (χ0n) is 9.32. The summed E-state index contributed by atoms with van der Waals surface area (Å²) < 4.78 is 15.5. The SMILES string of the molecule is CCNCc1cn(-c2cc(F)ccc2Br)nn1. The summed E-state index contributed by atoms with van der Waals surface area (Å²) in [4.78, 5) is 0. The monoisotopic (exact) mass is 298 g/mol. The van der Waals surface area contributed by atoms with Crippen LogP contribution < -0.4 is 5.32 Å². The number of rotatable bonds is 4. The fourth-order valence-electron chi connectivity index (χ4n) is 1.41. The van der Waals surface area contributed by atoms with Gasteiger partial charge in [-0.05, 0) is 34.6 Å². The fraction of sp³-hybridized carbons (Fsp3) is 0.273. The molecule has 0 atom stereocenters. The van der Waals surface area contributed by atoms with Crippen molar-refractivity contribution in [2.24, 2.45) is 0 Å². The van der Waals surface area contributed by atoms with Crippen LogP contribution in [0.25, 0.3) is 5.69 Å². The molecule has 2 aromatic rings. The molecule has 0 radical (unpaired) electrons. The van der Waals surface area contributed by atoms with Gasteiger partial charge in [0.15, 0.2) is 0 Å². The molecule has 0 aliphatic heterocycles. The highest BCUT2D eigenvalue weighted by Gasteiger charge is 2.07. The van der Waals surface area contributed by atoms with E-state index in [0.717, 1.165) is 16.7 Å². The van der Waals surface area contributed by atoms with Gasteiger partial charge in [-0.1, -0.05) is 12.1 Å². The standard InChI is InChI=1S/C11H12BrFN4/c1-2-14-6-9-7-17(16-15-9)11-5-8(13)3-4-10(11)12/h3-5,7,14H,2,6H2,1H3. The first-order valence-corrected chi connectivity index (χ1v) is 6.07. The van der Waals surface area contributed by atoms with E-state index in [0.29, 0.717) is 12.2 Å². The molecule has 1 N–H and O–H groups in total. The number of halogens is 2. The summed E-state index contributed by atoms with van der Waals surface area (Å²) in [5, 5.41) is 11.1. The van der Waals surface area contributed by atoms with Crippen molar-refractivity contribution in [3.63, 3.8) is 0 Å². The van der Waals surface area contributed by atoms with E-state index in [1.807, 2.05) is 6.92 Å². The topological polar surface area (TPSA) is 42.7 Å². The lowest BCUT2D eigenvalue weighted by molar-refractivity contribution is 0.624. The van der Waals surface area contributed by atoms with Gasteiger partial charge in [0.1, 0.15) is 5.82 Å². The highest BCUT2D eigenvalue weighted by atomic mass is 79.9. The third-order valence-electron chi connectivity index (χ3n) is 2.25. The normalized spacial score (nSPS) is 10.8. The Balaban J connectivity index is 2.27. The van der Waals surface area contributed by atoms with Crippen molar-refractivity contribution in [1.82, 2.24) is 20.3 Å². The quantitative estimate of drug-likeness (QED) is 0.942.